The zero-order valence-electron chi connectivity index (χ0n) is 14.5. The third-order valence-electron chi connectivity index (χ3n) is 4.20. The summed E-state index contributed by atoms with van der Waals surface area (Å²) in [6.45, 7) is 4.22. The van der Waals surface area contributed by atoms with Crippen molar-refractivity contribution < 1.29 is 4.39 Å². The summed E-state index contributed by atoms with van der Waals surface area (Å²) in [5.41, 5.74) is 5.11. The molecule has 2 heterocycles. The Balaban J connectivity index is 1.65. The van der Waals surface area contributed by atoms with Crippen molar-refractivity contribution in [2.45, 2.75) is 24.6 Å². The second-order valence-electron chi connectivity index (χ2n) is 6.19. The summed E-state index contributed by atoms with van der Waals surface area (Å²) in [6.07, 6.45) is 0. The highest BCUT2D eigenvalue weighted by Crippen LogP contribution is 2.25. The molecule has 4 rings (SSSR count). The molecule has 0 atom stereocenters. The minimum Gasteiger partial charge on any atom is -0.207 e. The van der Waals surface area contributed by atoms with Gasteiger partial charge in [0.05, 0.1) is 0 Å². The largest absolute Gasteiger partial charge is 0.207 e. The summed E-state index contributed by atoms with van der Waals surface area (Å²) in [5.74, 6) is 1.07. The minimum absolute atomic E-state index is 0.306. The average molecular weight is 364 g/mol. The molecule has 0 aliphatic heterocycles. The average Bonchev–Trinajstić information content (AvgIpc) is 3.06. The second-order valence-corrected chi connectivity index (χ2v) is 7.19. The standard InChI is InChI=1S/C20H17FN4S/c1-13-6-7-14(2)16(10-13)12-26-19-9-8-18-22-23-20(25(18)24-19)15-4-3-5-17(21)11-15/h3-11H,12H2,1-2H3. The summed E-state index contributed by atoms with van der Waals surface area (Å²) in [5, 5.41) is 13.8. The highest BCUT2D eigenvalue weighted by molar-refractivity contribution is 7.98. The van der Waals surface area contributed by atoms with Crippen molar-refractivity contribution in [3.05, 3.63) is 77.1 Å². The molecule has 0 aliphatic rings. The Labute approximate surface area is 155 Å². The van der Waals surface area contributed by atoms with Crippen LogP contribution in [0.1, 0.15) is 16.7 Å². The quantitative estimate of drug-likeness (QED) is 0.486. The van der Waals surface area contributed by atoms with Crippen LogP contribution in [0.5, 0.6) is 0 Å². The molecule has 0 bridgehead atoms. The SMILES string of the molecule is Cc1ccc(C)c(CSc2ccc3nnc(-c4cccc(F)c4)n3n2)c1. The van der Waals surface area contributed by atoms with E-state index in [0.29, 0.717) is 17.0 Å². The van der Waals surface area contributed by atoms with Crippen LogP contribution in [-0.2, 0) is 5.75 Å². The van der Waals surface area contributed by atoms with Crippen molar-refractivity contribution in [3.8, 4) is 11.4 Å². The van der Waals surface area contributed by atoms with Crippen LogP contribution in [0, 0.1) is 19.7 Å². The monoisotopic (exact) mass is 364 g/mol. The third-order valence-corrected chi connectivity index (χ3v) is 5.17. The van der Waals surface area contributed by atoms with Crippen LogP contribution >= 0.6 is 11.8 Å². The van der Waals surface area contributed by atoms with Crippen LogP contribution in [-0.4, -0.2) is 19.8 Å². The lowest BCUT2D eigenvalue weighted by molar-refractivity contribution is 0.628. The molecule has 130 valence electrons. The maximum Gasteiger partial charge on any atom is 0.185 e. The fraction of sp³-hybridized carbons (Fsp3) is 0.150. The summed E-state index contributed by atoms with van der Waals surface area (Å²) in [4.78, 5) is 0. The summed E-state index contributed by atoms with van der Waals surface area (Å²) < 4.78 is 15.2. The first-order valence-electron chi connectivity index (χ1n) is 8.27. The van der Waals surface area contributed by atoms with Gasteiger partial charge in [0.2, 0.25) is 0 Å². The molecule has 26 heavy (non-hydrogen) atoms. The van der Waals surface area contributed by atoms with Crippen LogP contribution < -0.4 is 0 Å². The first kappa shape index (κ1) is 16.7. The van der Waals surface area contributed by atoms with Gasteiger partial charge in [0.25, 0.3) is 0 Å². The van der Waals surface area contributed by atoms with Gasteiger partial charge in [-0.25, -0.2) is 4.39 Å². The molecule has 0 unspecified atom stereocenters. The predicted molar refractivity (Wildman–Crippen MR) is 102 cm³/mol. The zero-order valence-corrected chi connectivity index (χ0v) is 15.3. The van der Waals surface area contributed by atoms with Gasteiger partial charge in [-0.15, -0.1) is 10.2 Å². The third kappa shape index (κ3) is 3.32. The second kappa shape index (κ2) is 6.88. The van der Waals surface area contributed by atoms with E-state index in [-0.39, 0.29) is 5.82 Å². The number of aryl methyl sites for hydroxylation is 2. The van der Waals surface area contributed by atoms with Gasteiger partial charge in [-0.2, -0.15) is 9.61 Å². The van der Waals surface area contributed by atoms with Gasteiger partial charge in [0, 0.05) is 11.3 Å². The number of nitrogens with zero attached hydrogens (tertiary/aromatic N) is 4. The van der Waals surface area contributed by atoms with E-state index >= 15 is 0 Å². The van der Waals surface area contributed by atoms with Gasteiger partial charge in [0.1, 0.15) is 10.8 Å². The summed E-state index contributed by atoms with van der Waals surface area (Å²) >= 11 is 1.66. The molecule has 2 aromatic heterocycles. The first-order valence-corrected chi connectivity index (χ1v) is 9.26. The molecule has 0 amide bonds. The maximum absolute atomic E-state index is 13.5. The molecular weight excluding hydrogens is 347 g/mol. The van der Waals surface area contributed by atoms with Crippen molar-refractivity contribution in [1.29, 1.82) is 0 Å². The normalized spacial score (nSPS) is 11.2. The Morgan fingerprint density at radius 2 is 1.88 bits per heavy atom. The number of halogens is 1. The van der Waals surface area contributed by atoms with E-state index in [1.54, 1.807) is 28.4 Å². The Morgan fingerprint density at radius 3 is 2.73 bits per heavy atom. The molecule has 0 N–H and O–H groups in total. The molecule has 6 heteroatoms. The molecular formula is C20H17FN4S. The Bertz CT molecular complexity index is 1090. The lowest BCUT2D eigenvalue weighted by Crippen LogP contribution is -1.97. The van der Waals surface area contributed by atoms with Gasteiger partial charge in [-0.05, 0) is 49.2 Å². The van der Waals surface area contributed by atoms with E-state index in [4.69, 9.17) is 0 Å². The molecule has 0 saturated heterocycles. The number of rotatable bonds is 4. The van der Waals surface area contributed by atoms with E-state index in [2.05, 4.69) is 47.3 Å². The topological polar surface area (TPSA) is 43.1 Å². The fourth-order valence-electron chi connectivity index (χ4n) is 2.76. The van der Waals surface area contributed by atoms with Crippen molar-refractivity contribution in [1.82, 2.24) is 19.8 Å². The summed E-state index contributed by atoms with van der Waals surface area (Å²) in [6, 6.07) is 16.6. The van der Waals surface area contributed by atoms with Gasteiger partial charge in [-0.1, -0.05) is 47.7 Å². The van der Waals surface area contributed by atoms with Crippen LogP contribution in [0.2, 0.25) is 0 Å². The van der Waals surface area contributed by atoms with Gasteiger partial charge >= 0.3 is 0 Å². The molecule has 0 saturated carbocycles. The molecule has 4 nitrogen and oxygen atoms in total. The molecule has 0 radical (unpaired) electrons. The van der Waals surface area contributed by atoms with E-state index in [9.17, 15) is 4.39 Å². The Morgan fingerprint density at radius 1 is 1.00 bits per heavy atom. The predicted octanol–water partition coefficient (Wildman–Crippen LogP) is 4.84. The van der Waals surface area contributed by atoms with Crippen LogP contribution in [0.3, 0.4) is 0 Å². The molecule has 4 aromatic rings. The first-order chi connectivity index (χ1) is 12.6. The number of thioether (sulfide) groups is 1. The van der Waals surface area contributed by atoms with Crippen molar-refractivity contribution in [2.24, 2.45) is 0 Å². The Hall–Kier alpha value is -2.73. The number of aromatic nitrogens is 4. The van der Waals surface area contributed by atoms with Crippen LogP contribution in [0.15, 0.2) is 59.6 Å². The molecule has 0 aliphatic carbocycles. The maximum atomic E-state index is 13.5. The van der Waals surface area contributed by atoms with E-state index in [1.165, 1.54) is 28.8 Å². The zero-order chi connectivity index (χ0) is 18.1. The molecule has 0 fully saturated rings. The van der Waals surface area contributed by atoms with Crippen LogP contribution in [0.4, 0.5) is 4.39 Å². The number of fused-ring (bicyclic) bond motifs is 1. The lowest BCUT2D eigenvalue weighted by atomic mass is 10.1. The fourth-order valence-corrected chi connectivity index (χ4v) is 3.68. The number of benzene rings is 2. The number of hydrogen-bond donors (Lipinski definition) is 0. The smallest absolute Gasteiger partial charge is 0.185 e. The van der Waals surface area contributed by atoms with E-state index < -0.39 is 0 Å². The Kier molecular flexibility index (Phi) is 4.42. The van der Waals surface area contributed by atoms with Crippen molar-refractivity contribution in [2.75, 3.05) is 0 Å². The minimum atomic E-state index is -0.306. The molecule has 2 aromatic carbocycles. The van der Waals surface area contributed by atoms with Gasteiger partial charge in [0.15, 0.2) is 11.5 Å². The highest BCUT2D eigenvalue weighted by atomic mass is 32.2. The van der Waals surface area contributed by atoms with Crippen molar-refractivity contribution in [3.63, 3.8) is 0 Å². The van der Waals surface area contributed by atoms with E-state index in [1.807, 2.05) is 12.1 Å². The molecule has 0 spiro atoms. The lowest BCUT2D eigenvalue weighted by Gasteiger charge is -2.07. The van der Waals surface area contributed by atoms with Gasteiger partial charge < -0.3 is 0 Å². The highest BCUT2D eigenvalue weighted by Gasteiger charge is 2.11. The summed E-state index contributed by atoms with van der Waals surface area (Å²) in [7, 11) is 0. The van der Waals surface area contributed by atoms with Crippen LogP contribution in [0.25, 0.3) is 17.0 Å². The van der Waals surface area contributed by atoms with Crippen molar-refractivity contribution >= 4 is 17.4 Å². The van der Waals surface area contributed by atoms with Gasteiger partial charge in [-0.3, -0.25) is 0 Å². The van der Waals surface area contributed by atoms with E-state index in [0.717, 1.165) is 10.8 Å². The number of hydrogen-bond acceptors (Lipinski definition) is 4.